The van der Waals surface area contributed by atoms with Crippen LogP contribution in [-0.4, -0.2) is 15.9 Å². The molecule has 0 saturated carbocycles. The van der Waals surface area contributed by atoms with Gasteiger partial charge in [-0.25, -0.2) is 9.97 Å². The third-order valence-electron chi connectivity index (χ3n) is 4.04. The maximum absolute atomic E-state index is 12.5. The van der Waals surface area contributed by atoms with Gasteiger partial charge in [0.15, 0.2) is 0 Å². The number of halogens is 1. The van der Waals surface area contributed by atoms with Crippen molar-refractivity contribution in [1.82, 2.24) is 9.97 Å². The molecule has 132 valence electrons. The molecule has 26 heavy (non-hydrogen) atoms. The Morgan fingerprint density at radius 2 is 1.73 bits per heavy atom. The summed E-state index contributed by atoms with van der Waals surface area (Å²) in [5.74, 6) is 0.0743. The number of nitrogens with zero attached hydrogens (tertiary/aromatic N) is 2. The first-order valence-corrected chi connectivity index (χ1v) is 8.55. The van der Waals surface area contributed by atoms with E-state index in [1.54, 1.807) is 30.5 Å². The molecule has 0 aliphatic heterocycles. The van der Waals surface area contributed by atoms with Gasteiger partial charge in [-0.05, 0) is 61.7 Å². The first-order valence-electron chi connectivity index (χ1n) is 8.18. The average molecular weight is 367 g/mol. The van der Waals surface area contributed by atoms with Gasteiger partial charge in [-0.3, -0.25) is 4.79 Å². The van der Waals surface area contributed by atoms with E-state index in [4.69, 9.17) is 11.6 Å². The minimum Gasteiger partial charge on any atom is -0.324 e. The number of para-hydroxylation sites is 1. The Morgan fingerprint density at radius 1 is 1.00 bits per heavy atom. The van der Waals surface area contributed by atoms with Crippen molar-refractivity contribution in [2.45, 2.75) is 20.8 Å². The van der Waals surface area contributed by atoms with Crippen LogP contribution in [0.15, 0.2) is 48.7 Å². The van der Waals surface area contributed by atoms with E-state index in [2.05, 4.69) is 20.6 Å². The van der Waals surface area contributed by atoms with Crippen molar-refractivity contribution in [3.8, 4) is 0 Å². The lowest BCUT2D eigenvalue weighted by molar-refractivity contribution is 0.102. The molecule has 0 fully saturated rings. The van der Waals surface area contributed by atoms with Crippen molar-refractivity contribution >= 4 is 34.8 Å². The SMILES string of the molecule is Cc1cc(Cl)ccc1NC(=O)c1ccnc(Nc2c(C)cccc2C)n1. The van der Waals surface area contributed by atoms with Crippen LogP contribution in [0.1, 0.15) is 27.2 Å². The molecular weight excluding hydrogens is 348 g/mol. The Balaban J connectivity index is 1.81. The number of aromatic nitrogens is 2. The molecule has 0 bridgehead atoms. The van der Waals surface area contributed by atoms with Crippen LogP contribution in [0.2, 0.25) is 5.02 Å². The van der Waals surface area contributed by atoms with Gasteiger partial charge < -0.3 is 10.6 Å². The molecule has 3 rings (SSSR count). The molecule has 0 aliphatic rings. The summed E-state index contributed by atoms with van der Waals surface area (Å²) < 4.78 is 0. The van der Waals surface area contributed by atoms with Crippen LogP contribution in [0.3, 0.4) is 0 Å². The van der Waals surface area contributed by atoms with Crippen LogP contribution < -0.4 is 10.6 Å². The molecule has 5 nitrogen and oxygen atoms in total. The van der Waals surface area contributed by atoms with Gasteiger partial charge in [-0.2, -0.15) is 0 Å². The normalized spacial score (nSPS) is 10.5. The van der Waals surface area contributed by atoms with E-state index in [0.29, 0.717) is 16.7 Å². The first-order chi connectivity index (χ1) is 12.4. The molecule has 0 radical (unpaired) electrons. The number of hydrogen-bond donors (Lipinski definition) is 2. The first kappa shape index (κ1) is 17.9. The number of aryl methyl sites for hydroxylation is 3. The second-order valence-corrected chi connectivity index (χ2v) is 6.51. The summed E-state index contributed by atoms with van der Waals surface area (Å²) in [6, 6.07) is 12.9. The van der Waals surface area contributed by atoms with Crippen molar-refractivity contribution in [1.29, 1.82) is 0 Å². The highest BCUT2D eigenvalue weighted by molar-refractivity contribution is 6.30. The predicted molar refractivity (Wildman–Crippen MR) is 105 cm³/mol. The van der Waals surface area contributed by atoms with Gasteiger partial charge >= 0.3 is 0 Å². The number of amides is 1. The van der Waals surface area contributed by atoms with E-state index >= 15 is 0 Å². The number of rotatable bonds is 4. The Morgan fingerprint density at radius 3 is 2.42 bits per heavy atom. The Kier molecular flexibility index (Phi) is 5.19. The van der Waals surface area contributed by atoms with E-state index in [0.717, 1.165) is 22.4 Å². The highest BCUT2D eigenvalue weighted by Gasteiger charge is 2.12. The van der Waals surface area contributed by atoms with Crippen LogP contribution >= 0.6 is 11.6 Å². The van der Waals surface area contributed by atoms with Gasteiger partial charge in [0, 0.05) is 22.6 Å². The van der Waals surface area contributed by atoms with Gasteiger partial charge in [0.25, 0.3) is 5.91 Å². The Bertz CT molecular complexity index is 952. The lowest BCUT2D eigenvalue weighted by atomic mass is 10.1. The van der Waals surface area contributed by atoms with Gasteiger partial charge in [0.1, 0.15) is 5.69 Å². The van der Waals surface area contributed by atoms with Gasteiger partial charge in [0.05, 0.1) is 0 Å². The van der Waals surface area contributed by atoms with Crippen molar-refractivity contribution < 1.29 is 4.79 Å². The maximum Gasteiger partial charge on any atom is 0.274 e. The zero-order chi connectivity index (χ0) is 18.7. The van der Waals surface area contributed by atoms with E-state index in [1.165, 1.54) is 0 Å². The largest absolute Gasteiger partial charge is 0.324 e. The second-order valence-electron chi connectivity index (χ2n) is 6.07. The quantitative estimate of drug-likeness (QED) is 0.678. The summed E-state index contributed by atoms with van der Waals surface area (Å²) >= 11 is 5.95. The third-order valence-corrected chi connectivity index (χ3v) is 4.28. The van der Waals surface area contributed by atoms with Crippen LogP contribution in [0.4, 0.5) is 17.3 Å². The highest BCUT2D eigenvalue weighted by atomic mass is 35.5. The molecule has 2 N–H and O–H groups in total. The minimum atomic E-state index is -0.303. The number of benzene rings is 2. The molecule has 1 heterocycles. The summed E-state index contributed by atoms with van der Waals surface area (Å²) in [5.41, 5.74) is 4.97. The summed E-state index contributed by atoms with van der Waals surface area (Å²) in [4.78, 5) is 21.1. The molecule has 0 spiro atoms. The zero-order valence-electron chi connectivity index (χ0n) is 14.8. The van der Waals surface area contributed by atoms with Crippen molar-refractivity contribution in [2.24, 2.45) is 0 Å². The lowest BCUT2D eigenvalue weighted by Gasteiger charge is -2.12. The zero-order valence-corrected chi connectivity index (χ0v) is 15.6. The molecule has 0 atom stereocenters. The third kappa shape index (κ3) is 4.00. The fourth-order valence-corrected chi connectivity index (χ4v) is 2.85. The monoisotopic (exact) mass is 366 g/mol. The lowest BCUT2D eigenvalue weighted by Crippen LogP contribution is -2.15. The smallest absolute Gasteiger partial charge is 0.274 e. The highest BCUT2D eigenvalue weighted by Crippen LogP contribution is 2.23. The van der Waals surface area contributed by atoms with Gasteiger partial charge in [0.2, 0.25) is 5.95 Å². The Hall–Kier alpha value is -2.92. The molecule has 1 amide bonds. The number of nitrogens with one attached hydrogen (secondary N) is 2. The molecule has 6 heteroatoms. The number of carbonyl (C=O) groups is 1. The molecule has 0 aliphatic carbocycles. The molecule has 2 aromatic carbocycles. The van der Waals surface area contributed by atoms with E-state index < -0.39 is 0 Å². The summed E-state index contributed by atoms with van der Waals surface area (Å²) in [6.07, 6.45) is 1.56. The second kappa shape index (κ2) is 7.54. The van der Waals surface area contributed by atoms with Gasteiger partial charge in [-0.15, -0.1) is 0 Å². The fraction of sp³-hybridized carbons (Fsp3) is 0.150. The number of anilines is 3. The van der Waals surface area contributed by atoms with Crippen molar-refractivity contribution in [3.63, 3.8) is 0 Å². The molecular formula is C20H19ClN4O. The van der Waals surface area contributed by atoms with Crippen molar-refractivity contribution in [2.75, 3.05) is 10.6 Å². The number of carbonyl (C=O) groups excluding carboxylic acids is 1. The van der Waals surface area contributed by atoms with Crippen LogP contribution in [-0.2, 0) is 0 Å². The predicted octanol–water partition coefficient (Wildman–Crippen LogP) is 5.05. The molecule has 1 aromatic heterocycles. The number of hydrogen-bond acceptors (Lipinski definition) is 4. The van der Waals surface area contributed by atoms with E-state index in [9.17, 15) is 4.79 Å². The van der Waals surface area contributed by atoms with Crippen LogP contribution in [0.25, 0.3) is 0 Å². The van der Waals surface area contributed by atoms with Crippen LogP contribution in [0.5, 0.6) is 0 Å². The maximum atomic E-state index is 12.5. The molecule has 0 unspecified atom stereocenters. The van der Waals surface area contributed by atoms with E-state index in [1.807, 2.05) is 39.0 Å². The standard InChI is InChI=1S/C20H19ClN4O/c1-12-5-4-6-13(2)18(12)25-20-22-10-9-17(24-20)19(26)23-16-8-7-15(21)11-14(16)3/h4-11H,1-3H3,(H,23,26)(H,22,24,25). The topological polar surface area (TPSA) is 66.9 Å². The minimum absolute atomic E-state index is 0.281. The van der Waals surface area contributed by atoms with E-state index in [-0.39, 0.29) is 11.6 Å². The Labute approximate surface area is 157 Å². The summed E-state index contributed by atoms with van der Waals surface area (Å²) in [7, 11) is 0. The van der Waals surface area contributed by atoms with Crippen LogP contribution in [0, 0.1) is 20.8 Å². The fourth-order valence-electron chi connectivity index (χ4n) is 2.62. The molecule has 3 aromatic rings. The molecule has 0 saturated heterocycles. The van der Waals surface area contributed by atoms with Crippen molar-refractivity contribution in [3.05, 3.63) is 76.1 Å². The van der Waals surface area contributed by atoms with Gasteiger partial charge in [-0.1, -0.05) is 29.8 Å². The summed E-state index contributed by atoms with van der Waals surface area (Å²) in [5, 5.41) is 6.68. The summed E-state index contributed by atoms with van der Waals surface area (Å²) in [6.45, 7) is 5.90. The average Bonchev–Trinajstić information content (AvgIpc) is 2.61.